The van der Waals surface area contributed by atoms with Gasteiger partial charge in [0.05, 0.1) is 17.0 Å². The minimum absolute atomic E-state index is 0.00370. The number of pyridine rings is 1. The SMILES string of the molecule is C[C@H](NC(=O)C1(c2ccccc2)CCN(C(=O)c2ccc(-n3cncn3)nc2)CC1)c1ccccc1. The zero-order chi connectivity index (χ0) is 25.0. The van der Waals surface area contributed by atoms with Crippen LogP contribution in [0.1, 0.15) is 47.3 Å². The Hall–Kier alpha value is -4.33. The average molecular weight is 481 g/mol. The van der Waals surface area contributed by atoms with Crippen LogP contribution in [0.4, 0.5) is 0 Å². The van der Waals surface area contributed by atoms with Crippen molar-refractivity contribution in [2.45, 2.75) is 31.2 Å². The molecule has 1 N–H and O–H groups in total. The minimum atomic E-state index is -0.698. The van der Waals surface area contributed by atoms with E-state index in [1.807, 2.05) is 67.6 Å². The number of likely N-dealkylation sites (tertiary alicyclic amines) is 1. The monoisotopic (exact) mass is 480 g/mol. The van der Waals surface area contributed by atoms with Crippen LogP contribution in [0.15, 0.2) is 91.6 Å². The van der Waals surface area contributed by atoms with Crippen molar-refractivity contribution in [1.82, 2.24) is 30.0 Å². The molecule has 2 amide bonds. The second kappa shape index (κ2) is 10.1. The summed E-state index contributed by atoms with van der Waals surface area (Å²) in [6.45, 7) is 2.96. The zero-order valence-corrected chi connectivity index (χ0v) is 20.1. The number of benzene rings is 2. The smallest absolute Gasteiger partial charge is 0.255 e. The molecule has 4 aromatic rings. The maximum atomic E-state index is 13.8. The van der Waals surface area contributed by atoms with E-state index in [-0.39, 0.29) is 17.9 Å². The Labute approximate surface area is 210 Å². The van der Waals surface area contributed by atoms with Crippen molar-refractivity contribution in [3.63, 3.8) is 0 Å². The van der Waals surface area contributed by atoms with Crippen LogP contribution < -0.4 is 5.32 Å². The quantitative estimate of drug-likeness (QED) is 0.454. The van der Waals surface area contributed by atoms with Crippen molar-refractivity contribution < 1.29 is 9.59 Å². The second-order valence-electron chi connectivity index (χ2n) is 9.09. The molecule has 0 bridgehead atoms. The number of piperidine rings is 1. The first-order valence-corrected chi connectivity index (χ1v) is 12.1. The highest BCUT2D eigenvalue weighted by atomic mass is 16.2. The van der Waals surface area contributed by atoms with Crippen molar-refractivity contribution in [1.29, 1.82) is 0 Å². The minimum Gasteiger partial charge on any atom is -0.349 e. The molecule has 1 atom stereocenters. The molecule has 36 heavy (non-hydrogen) atoms. The largest absolute Gasteiger partial charge is 0.349 e. The van der Waals surface area contributed by atoms with Crippen molar-refractivity contribution in [3.8, 4) is 5.82 Å². The molecule has 0 spiro atoms. The van der Waals surface area contributed by atoms with Gasteiger partial charge in [-0.05, 0) is 43.0 Å². The van der Waals surface area contributed by atoms with Crippen molar-refractivity contribution in [2.75, 3.05) is 13.1 Å². The van der Waals surface area contributed by atoms with Gasteiger partial charge in [-0.15, -0.1) is 0 Å². The molecule has 8 nitrogen and oxygen atoms in total. The van der Waals surface area contributed by atoms with Gasteiger partial charge in [0.2, 0.25) is 5.91 Å². The fraction of sp³-hybridized carbons (Fsp3) is 0.250. The third kappa shape index (κ3) is 4.62. The molecule has 0 saturated carbocycles. The van der Waals surface area contributed by atoms with E-state index < -0.39 is 5.41 Å². The number of amides is 2. The number of aromatic nitrogens is 4. The van der Waals surface area contributed by atoms with E-state index in [2.05, 4.69) is 20.4 Å². The van der Waals surface area contributed by atoms with E-state index in [1.165, 1.54) is 6.33 Å². The standard InChI is InChI=1S/C28H28N6O2/c1-21(22-8-4-2-5-9-22)32-27(36)28(24-10-6-3-7-11-24)14-16-33(17-15-28)26(35)23-12-13-25(30-18-23)34-20-29-19-31-34/h2-13,18-21H,14-17H2,1H3,(H,32,36)/t21-/m0/s1. The van der Waals surface area contributed by atoms with Gasteiger partial charge in [-0.2, -0.15) is 5.10 Å². The topological polar surface area (TPSA) is 93.0 Å². The number of rotatable bonds is 6. The van der Waals surface area contributed by atoms with Gasteiger partial charge < -0.3 is 10.2 Å². The third-order valence-corrected chi connectivity index (χ3v) is 6.96. The van der Waals surface area contributed by atoms with Crippen molar-refractivity contribution in [2.24, 2.45) is 0 Å². The number of nitrogens with zero attached hydrogens (tertiary/aromatic N) is 5. The fourth-order valence-electron chi connectivity index (χ4n) is 4.81. The second-order valence-corrected chi connectivity index (χ2v) is 9.09. The van der Waals surface area contributed by atoms with E-state index in [0.717, 1.165) is 11.1 Å². The van der Waals surface area contributed by atoms with E-state index in [4.69, 9.17) is 0 Å². The third-order valence-electron chi connectivity index (χ3n) is 6.96. The highest BCUT2D eigenvalue weighted by Crippen LogP contribution is 2.37. The molecule has 0 aliphatic carbocycles. The van der Waals surface area contributed by atoms with Gasteiger partial charge in [0, 0.05) is 19.3 Å². The van der Waals surface area contributed by atoms with Crippen LogP contribution in [-0.4, -0.2) is 49.6 Å². The molecule has 182 valence electrons. The van der Waals surface area contributed by atoms with Gasteiger partial charge in [-0.3, -0.25) is 9.59 Å². The normalized spacial score (nSPS) is 15.8. The molecule has 1 saturated heterocycles. The summed E-state index contributed by atoms with van der Waals surface area (Å²) in [4.78, 5) is 37.1. The molecule has 0 unspecified atom stereocenters. The Morgan fingerprint density at radius 1 is 0.944 bits per heavy atom. The molecule has 2 aromatic carbocycles. The molecule has 1 aliphatic rings. The maximum Gasteiger partial charge on any atom is 0.255 e. The molecular formula is C28H28N6O2. The van der Waals surface area contributed by atoms with Crippen LogP contribution in [0.2, 0.25) is 0 Å². The first-order chi connectivity index (χ1) is 17.6. The van der Waals surface area contributed by atoms with Crippen LogP contribution in [-0.2, 0) is 10.2 Å². The lowest BCUT2D eigenvalue weighted by molar-refractivity contribution is -0.129. The molecular weight excluding hydrogens is 452 g/mol. The molecule has 0 radical (unpaired) electrons. The van der Waals surface area contributed by atoms with Gasteiger partial charge in [0.1, 0.15) is 12.7 Å². The number of nitrogens with one attached hydrogen (secondary N) is 1. The van der Waals surface area contributed by atoms with Gasteiger partial charge in [-0.1, -0.05) is 60.7 Å². The summed E-state index contributed by atoms with van der Waals surface area (Å²) >= 11 is 0. The fourth-order valence-corrected chi connectivity index (χ4v) is 4.81. The Balaban J connectivity index is 1.32. The van der Waals surface area contributed by atoms with Crippen LogP contribution in [0, 0.1) is 0 Å². The first kappa shape index (κ1) is 23.4. The van der Waals surface area contributed by atoms with Crippen molar-refractivity contribution >= 4 is 11.8 Å². The lowest BCUT2D eigenvalue weighted by atomic mass is 9.71. The van der Waals surface area contributed by atoms with Crippen LogP contribution in [0.5, 0.6) is 0 Å². The van der Waals surface area contributed by atoms with Crippen LogP contribution in [0.25, 0.3) is 5.82 Å². The van der Waals surface area contributed by atoms with E-state index >= 15 is 0 Å². The van der Waals surface area contributed by atoms with Gasteiger partial charge in [0.25, 0.3) is 5.91 Å². The summed E-state index contributed by atoms with van der Waals surface area (Å²) in [6, 6.07) is 23.2. The number of hydrogen-bond acceptors (Lipinski definition) is 5. The Morgan fingerprint density at radius 2 is 1.64 bits per heavy atom. The number of carbonyl (C=O) groups is 2. The average Bonchev–Trinajstić information content (AvgIpc) is 3.49. The summed E-state index contributed by atoms with van der Waals surface area (Å²) in [5.74, 6) is 0.498. The lowest BCUT2D eigenvalue weighted by Gasteiger charge is -2.41. The predicted molar refractivity (Wildman–Crippen MR) is 135 cm³/mol. The van der Waals surface area contributed by atoms with Crippen LogP contribution >= 0.6 is 0 Å². The molecule has 5 rings (SSSR count). The number of hydrogen-bond donors (Lipinski definition) is 1. The van der Waals surface area contributed by atoms with Crippen molar-refractivity contribution in [3.05, 3.63) is 108 Å². The van der Waals surface area contributed by atoms with E-state index in [0.29, 0.717) is 37.3 Å². The summed E-state index contributed by atoms with van der Waals surface area (Å²) < 4.78 is 1.54. The van der Waals surface area contributed by atoms with Gasteiger partial charge in [0.15, 0.2) is 5.82 Å². The van der Waals surface area contributed by atoms with Crippen LogP contribution in [0.3, 0.4) is 0 Å². The van der Waals surface area contributed by atoms with E-state index in [9.17, 15) is 9.59 Å². The Bertz CT molecular complexity index is 1300. The Kier molecular flexibility index (Phi) is 6.58. The highest BCUT2D eigenvalue weighted by Gasteiger charge is 2.44. The molecule has 8 heteroatoms. The summed E-state index contributed by atoms with van der Waals surface area (Å²) in [5.41, 5.74) is 1.85. The maximum absolute atomic E-state index is 13.8. The van der Waals surface area contributed by atoms with E-state index in [1.54, 1.807) is 34.2 Å². The number of carbonyl (C=O) groups excluding carboxylic acids is 2. The zero-order valence-electron chi connectivity index (χ0n) is 20.1. The summed E-state index contributed by atoms with van der Waals surface area (Å²) in [5, 5.41) is 7.30. The predicted octanol–water partition coefficient (Wildman–Crippen LogP) is 3.71. The molecule has 1 aliphatic heterocycles. The highest BCUT2D eigenvalue weighted by molar-refractivity contribution is 5.95. The Morgan fingerprint density at radius 3 is 2.25 bits per heavy atom. The lowest BCUT2D eigenvalue weighted by Crippen LogP contribution is -2.53. The van der Waals surface area contributed by atoms with Gasteiger partial charge in [-0.25, -0.2) is 14.6 Å². The summed E-state index contributed by atoms with van der Waals surface area (Å²) in [6.07, 6.45) is 5.64. The molecule has 1 fully saturated rings. The first-order valence-electron chi connectivity index (χ1n) is 12.1. The molecule has 2 aromatic heterocycles. The molecule has 3 heterocycles. The summed E-state index contributed by atoms with van der Waals surface area (Å²) in [7, 11) is 0. The van der Waals surface area contributed by atoms with Gasteiger partial charge >= 0.3 is 0 Å².